The molecule has 0 spiro atoms. The van der Waals surface area contributed by atoms with E-state index in [0.29, 0.717) is 0 Å². The van der Waals surface area contributed by atoms with Gasteiger partial charge in [0.25, 0.3) is 0 Å². The van der Waals surface area contributed by atoms with E-state index >= 15 is 0 Å². The van der Waals surface area contributed by atoms with Gasteiger partial charge in [-0.05, 0) is 43.2 Å². The molecule has 0 radical (unpaired) electrons. The van der Waals surface area contributed by atoms with Crippen LogP contribution in [-0.4, -0.2) is 7.11 Å². The third kappa shape index (κ3) is 1.86. The third-order valence-corrected chi connectivity index (χ3v) is 1.60. The van der Waals surface area contributed by atoms with Gasteiger partial charge in [0.1, 0.15) is 5.76 Å². The number of hydrogen-bond acceptors (Lipinski definition) is 1. The highest BCUT2D eigenvalue weighted by Crippen LogP contribution is 2.14. The first kappa shape index (κ1) is 7.90. The van der Waals surface area contributed by atoms with Crippen LogP contribution in [0.5, 0.6) is 0 Å². The lowest BCUT2D eigenvalue weighted by atomic mass is 10.2. The van der Waals surface area contributed by atoms with Gasteiger partial charge >= 0.3 is 0 Å². The van der Waals surface area contributed by atoms with Crippen molar-refractivity contribution in [1.29, 1.82) is 0 Å². The first-order chi connectivity index (χ1) is 5.24. The molecule has 0 aromatic heterocycles. The minimum absolute atomic E-state index is 0.920. The molecule has 1 aliphatic rings. The molecule has 1 heteroatoms. The van der Waals surface area contributed by atoms with Crippen molar-refractivity contribution >= 4 is 0 Å². The number of ether oxygens (including phenoxy) is 1. The zero-order valence-corrected chi connectivity index (χ0v) is 7.14. The summed E-state index contributed by atoms with van der Waals surface area (Å²) in [5.74, 6) is 0.920. The van der Waals surface area contributed by atoms with Crippen molar-refractivity contribution in [3.8, 4) is 0 Å². The van der Waals surface area contributed by atoms with Gasteiger partial charge in [0.05, 0.1) is 7.11 Å². The van der Waals surface area contributed by atoms with E-state index in [-0.39, 0.29) is 0 Å². The molecule has 1 rings (SSSR count). The molecular formula is C10H12O. The van der Waals surface area contributed by atoms with Crippen molar-refractivity contribution in [1.82, 2.24) is 0 Å². The summed E-state index contributed by atoms with van der Waals surface area (Å²) in [7, 11) is 1.68. The maximum Gasteiger partial charge on any atom is 0.122 e. The van der Waals surface area contributed by atoms with Crippen LogP contribution in [-0.2, 0) is 4.74 Å². The Bertz CT molecular complexity index is 273. The molecule has 0 fully saturated rings. The topological polar surface area (TPSA) is 9.23 Å². The third-order valence-electron chi connectivity index (χ3n) is 1.60. The average molecular weight is 148 g/mol. The minimum Gasteiger partial charge on any atom is -0.496 e. The van der Waals surface area contributed by atoms with Gasteiger partial charge in [-0.25, -0.2) is 0 Å². The molecule has 0 aromatic rings. The monoisotopic (exact) mass is 148 g/mol. The van der Waals surface area contributed by atoms with Gasteiger partial charge in [0.2, 0.25) is 0 Å². The van der Waals surface area contributed by atoms with Crippen LogP contribution in [0.15, 0.2) is 40.9 Å². The van der Waals surface area contributed by atoms with Crippen molar-refractivity contribution in [2.75, 3.05) is 7.11 Å². The van der Waals surface area contributed by atoms with Crippen molar-refractivity contribution in [3.05, 3.63) is 40.9 Å². The van der Waals surface area contributed by atoms with E-state index in [9.17, 15) is 0 Å². The zero-order chi connectivity index (χ0) is 8.27. The van der Waals surface area contributed by atoms with Crippen LogP contribution in [0.25, 0.3) is 0 Å². The van der Waals surface area contributed by atoms with E-state index in [4.69, 9.17) is 4.74 Å². The Morgan fingerprint density at radius 3 is 2.73 bits per heavy atom. The summed E-state index contributed by atoms with van der Waals surface area (Å²) < 4.78 is 5.17. The summed E-state index contributed by atoms with van der Waals surface area (Å²) in [6.07, 6.45) is 5.88. The van der Waals surface area contributed by atoms with Gasteiger partial charge < -0.3 is 4.74 Å². The predicted molar refractivity (Wildman–Crippen MR) is 46.1 cm³/mol. The van der Waals surface area contributed by atoms with Crippen LogP contribution >= 0.6 is 0 Å². The number of allylic oxidation sites excluding steroid dienone is 4. The van der Waals surface area contributed by atoms with Gasteiger partial charge in [-0.3, -0.25) is 0 Å². The van der Waals surface area contributed by atoms with Gasteiger partial charge in [-0.2, -0.15) is 0 Å². The second kappa shape index (κ2) is 3.27. The SMILES string of the molecule is COC1=CC(C)=C=CC=C1C. The van der Waals surface area contributed by atoms with Gasteiger partial charge in [0.15, 0.2) is 0 Å². The standard InChI is InChI=1S/C10H12O/c1-8-5-4-6-9(2)10(7-8)11-3/h4,6-7H,1-3H3. The molecule has 0 heterocycles. The van der Waals surface area contributed by atoms with E-state index in [2.05, 4.69) is 5.73 Å². The van der Waals surface area contributed by atoms with Crippen molar-refractivity contribution < 1.29 is 4.74 Å². The van der Waals surface area contributed by atoms with E-state index in [1.54, 1.807) is 7.11 Å². The lowest BCUT2D eigenvalue weighted by Gasteiger charge is -2.03. The summed E-state index contributed by atoms with van der Waals surface area (Å²) in [6.45, 7) is 4.02. The van der Waals surface area contributed by atoms with E-state index in [1.807, 2.05) is 32.1 Å². The van der Waals surface area contributed by atoms with Gasteiger partial charge in [-0.1, -0.05) is 0 Å². The highest BCUT2D eigenvalue weighted by Gasteiger charge is 1.99. The Morgan fingerprint density at radius 1 is 1.36 bits per heavy atom. The first-order valence-electron chi connectivity index (χ1n) is 3.60. The molecule has 0 amide bonds. The number of rotatable bonds is 1. The fourth-order valence-corrected chi connectivity index (χ4v) is 0.952. The summed E-state index contributed by atoms with van der Waals surface area (Å²) in [5, 5.41) is 0. The van der Waals surface area contributed by atoms with Crippen LogP contribution in [0, 0.1) is 0 Å². The second-order valence-corrected chi connectivity index (χ2v) is 2.56. The lowest BCUT2D eigenvalue weighted by Crippen LogP contribution is -1.87. The zero-order valence-electron chi connectivity index (χ0n) is 7.14. The molecule has 0 atom stereocenters. The molecule has 1 aliphatic carbocycles. The molecule has 1 nitrogen and oxygen atoms in total. The highest BCUT2D eigenvalue weighted by atomic mass is 16.5. The normalized spacial score (nSPS) is 16.5. The largest absolute Gasteiger partial charge is 0.496 e. The van der Waals surface area contributed by atoms with Crippen LogP contribution in [0.3, 0.4) is 0 Å². The molecule has 58 valence electrons. The van der Waals surface area contributed by atoms with Crippen molar-refractivity contribution in [2.45, 2.75) is 13.8 Å². The van der Waals surface area contributed by atoms with E-state index in [0.717, 1.165) is 16.9 Å². The molecule has 11 heavy (non-hydrogen) atoms. The Hall–Kier alpha value is -1.20. The maximum atomic E-state index is 5.17. The highest BCUT2D eigenvalue weighted by molar-refractivity contribution is 5.36. The average Bonchev–Trinajstić information content (AvgIpc) is 2.13. The summed E-state index contributed by atoms with van der Waals surface area (Å²) in [4.78, 5) is 0. The van der Waals surface area contributed by atoms with E-state index < -0.39 is 0 Å². The maximum absolute atomic E-state index is 5.17. The summed E-state index contributed by atoms with van der Waals surface area (Å²) >= 11 is 0. The molecule has 0 bridgehead atoms. The van der Waals surface area contributed by atoms with Crippen molar-refractivity contribution in [2.24, 2.45) is 0 Å². The quantitative estimate of drug-likeness (QED) is 0.519. The fourth-order valence-electron chi connectivity index (χ4n) is 0.952. The molecule has 0 aliphatic heterocycles. The summed E-state index contributed by atoms with van der Waals surface area (Å²) in [5.41, 5.74) is 5.33. The molecule has 0 saturated carbocycles. The molecule has 0 N–H and O–H groups in total. The Kier molecular flexibility index (Phi) is 2.35. The molecule has 0 saturated heterocycles. The van der Waals surface area contributed by atoms with Crippen LogP contribution in [0.1, 0.15) is 13.8 Å². The van der Waals surface area contributed by atoms with Crippen LogP contribution in [0.2, 0.25) is 0 Å². The minimum atomic E-state index is 0.920. The van der Waals surface area contributed by atoms with Gasteiger partial charge in [-0.15, -0.1) is 5.73 Å². The van der Waals surface area contributed by atoms with Gasteiger partial charge in [0, 0.05) is 0 Å². The number of hydrogen-bond donors (Lipinski definition) is 0. The first-order valence-corrected chi connectivity index (χ1v) is 3.60. The van der Waals surface area contributed by atoms with Crippen molar-refractivity contribution in [3.63, 3.8) is 0 Å². The van der Waals surface area contributed by atoms with E-state index in [1.165, 1.54) is 0 Å². The Balaban J connectivity index is 3.04. The second-order valence-electron chi connectivity index (χ2n) is 2.56. The van der Waals surface area contributed by atoms with Crippen LogP contribution < -0.4 is 0 Å². The molecular weight excluding hydrogens is 136 g/mol. The Labute approximate surface area is 67.4 Å². The summed E-state index contributed by atoms with van der Waals surface area (Å²) in [6, 6.07) is 0. The number of methoxy groups -OCH3 is 1. The lowest BCUT2D eigenvalue weighted by molar-refractivity contribution is 0.300. The van der Waals surface area contributed by atoms with Crippen LogP contribution in [0.4, 0.5) is 0 Å². The molecule has 0 aromatic carbocycles. The fraction of sp³-hybridized carbons (Fsp3) is 0.300. The smallest absolute Gasteiger partial charge is 0.122 e. The predicted octanol–water partition coefficient (Wildman–Crippen LogP) is 2.58. The Morgan fingerprint density at radius 2 is 2.09 bits per heavy atom. The molecule has 0 unspecified atom stereocenters.